The fraction of sp³-hybridized carbons (Fsp3) is 0.421. The van der Waals surface area contributed by atoms with Gasteiger partial charge in [-0.25, -0.2) is 0 Å². The lowest BCUT2D eigenvalue weighted by Crippen LogP contribution is -2.38. The van der Waals surface area contributed by atoms with Gasteiger partial charge in [-0.1, -0.05) is 48.6 Å². The highest BCUT2D eigenvalue weighted by atomic mass is 32.2. The zero-order valence-corrected chi connectivity index (χ0v) is 14.6. The number of benzene rings is 1. The number of nitrogens with one attached hydrogen (secondary N) is 1. The standard InChI is InChI=1S/C19H20N2S2/c22-19-21(18-8-12-5-6-13(18)7-12)11-15(23-19)9-14-10-20-17-4-2-1-3-16(14)17/h1-4,9-10,12-13,18,20H,5-8,11H2/b15-9-. The summed E-state index contributed by atoms with van der Waals surface area (Å²) in [6.07, 6.45) is 10.1. The molecule has 0 radical (unpaired) electrons. The highest BCUT2D eigenvalue weighted by Gasteiger charge is 2.44. The molecule has 3 fully saturated rings. The second-order valence-electron chi connectivity index (χ2n) is 7.14. The quantitative estimate of drug-likeness (QED) is 0.774. The van der Waals surface area contributed by atoms with Crippen molar-refractivity contribution in [2.45, 2.75) is 31.7 Å². The number of rotatable bonds is 2. The second kappa shape index (κ2) is 5.38. The van der Waals surface area contributed by atoms with Crippen LogP contribution in [0.3, 0.4) is 0 Å². The highest BCUT2D eigenvalue weighted by Crippen LogP contribution is 2.49. The van der Waals surface area contributed by atoms with Gasteiger partial charge in [-0.05, 0) is 43.2 Å². The first-order chi connectivity index (χ1) is 11.3. The Hall–Kier alpha value is -1.26. The molecule has 4 heteroatoms. The molecule has 1 saturated heterocycles. The van der Waals surface area contributed by atoms with Crippen molar-refractivity contribution < 1.29 is 0 Å². The number of thiocarbonyl (C=S) groups is 1. The number of para-hydroxylation sites is 1. The molecular weight excluding hydrogens is 320 g/mol. The van der Waals surface area contributed by atoms with E-state index < -0.39 is 0 Å². The van der Waals surface area contributed by atoms with Gasteiger partial charge in [-0.2, -0.15) is 0 Å². The Morgan fingerprint density at radius 1 is 1.22 bits per heavy atom. The molecule has 23 heavy (non-hydrogen) atoms. The Labute approximate surface area is 146 Å². The van der Waals surface area contributed by atoms with Gasteiger partial charge in [-0.3, -0.25) is 0 Å². The van der Waals surface area contributed by atoms with Crippen LogP contribution in [0.4, 0.5) is 0 Å². The lowest BCUT2D eigenvalue weighted by Gasteiger charge is -2.31. The van der Waals surface area contributed by atoms with Gasteiger partial charge in [-0.15, -0.1) is 0 Å². The molecule has 0 amide bonds. The van der Waals surface area contributed by atoms with Crippen molar-refractivity contribution in [2.75, 3.05) is 6.54 Å². The minimum absolute atomic E-state index is 0.711. The van der Waals surface area contributed by atoms with E-state index in [4.69, 9.17) is 12.2 Å². The van der Waals surface area contributed by atoms with E-state index in [1.165, 1.54) is 47.1 Å². The van der Waals surface area contributed by atoms with Gasteiger partial charge in [0.2, 0.25) is 0 Å². The number of hydrogen-bond donors (Lipinski definition) is 1. The predicted octanol–water partition coefficient (Wildman–Crippen LogP) is 5.03. The normalized spacial score (nSPS) is 31.8. The van der Waals surface area contributed by atoms with Crippen molar-refractivity contribution in [2.24, 2.45) is 11.8 Å². The smallest absolute Gasteiger partial charge is 0.141 e. The van der Waals surface area contributed by atoms with Gasteiger partial charge in [0.15, 0.2) is 0 Å². The molecule has 3 aliphatic rings. The maximum absolute atomic E-state index is 5.70. The molecule has 1 aliphatic heterocycles. The number of fused-ring (bicyclic) bond motifs is 3. The average molecular weight is 341 g/mol. The minimum atomic E-state index is 0.711. The maximum Gasteiger partial charge on any atom is 0.141 e. The molecule has 1 N–H and O–H groups in total. The van der Waals surface area contributed by atoms with Crippen LogP contribution in [-0.4, -0.2) is 26.8 Å². The summed E-state index contributed by atoms with van der Waals surface area (Å²) in [5.74, 6) is 1.87. The van der Waals surface area contributed by atoms with Crippen LogP contribution >= 0.6 is 24.0 Å². The average Bonchev–Trinajstić information content (AvgIpc) is 3.32. The minimum Gasteiger partial charge on any atom is -0.361 e. The first kappa shape index (κ1) is 14.1. The van der Waals surface area contributed by atoms with Gasteiger partial charge in [0, 0.05) is 33.6 Å². The van der Waals surface area contributed by atoms with Crippen LogP contribution in [0, 0.1) is 11.8 Å². The Balaban J connectivity index is 1.41. The maximum atomic E-state index is 5.70. The highest BCUT2D eigenvalue weighted by molar-refractivity contribution is 8.25. The topological polar surface area (TPSA) is 19.0 Å². The molecule has 3 atom stereocenters. The molecule has 2 nitrogen and oxygen atoms in total. The van der Waals surface area contributed by atoms with E-state index in [9.17, 15) is 0 Å². The summed E-state index contributed by atoms with van der Waals surface area (Å²) >= 11 is 7.50. The Kier molecular flexibility index (Phi) is 3.30. The van der Waals surface area contributed by atoms with Crippen LogP contribution in [-0.2, 0) is 0 Å². The molecule has 1 aromatic heterocycles. The number of nitrogens with zero attached hydrogens (tertiary/aromatic N) is 1. The van der Waals surface area contributed by atoms with Crippen LogP contribution < -0.4 is 0 Å². The first-order valence-corrected chi connectivity index (χ1v) is 9.75. The lowest BCUT2D eigenvalue weighted by molar-refractivity contribution is 0.250. The summed E-state index contributed by atoms with van der Waals surface area (Å²) in [5, 5.41) is 1.30. The fourth-order valence-corrected chi connectivity index (χ4v) is 6.20. The van der Waals surface area contributed by atoms with Gasteiger partial charge < -0.3 is 9.88 Å². The molecule has 2 aliphatic carbocycles. The number of thioether (sulfide) groups is 1. The molecule has 2 heterocycles. The second-order valence-corrected chi connectivity index (χ2v) is 8.90. The summed E-state index contributed by atoms with van der Waals surface area (Å²) < 4.78 is 1.09. The van der Waals surface area contributed by atoms with E-state index in [1.807, 2.05) is 0 Å². The van der Waals surface area contributed by atoms with E-state index in [-0.39, 0.29) is 0 Å². The summed E-state index contributed by atoms with van der Waals surface area (Å²) in [5.41, 5.74) is 2.48. The van der Waals surface area contributed by atoms with Crippen molar-refractivity contribution in [1.82, 2.24) is 9.88 Å². The van der Waals surface area contributed by atoms with Crippen molar-refractivity contribution in [3.05, 3.63) is 40.9 Å². The van der Waals surface area contributed by atoms with Gasteiger partial charge in [0.1, 0.15) is 4.32 Å². The predicted molar refractivity (Wildman–Crippen MR) is 102 cm³/mol. The zero-order chi connectivity index (χ0) is 15.4. The van der Waals surface area contributed by atoms with Crippen molar-refractivity contribution in [1.29, 1.82) is 0 Å². The molecule has 1 aromatic carbocycles. The van der Waals surface area contributed by atoms with E-state index in [0.29, 0.717) is 6.04 Å². The Morgan fingerprint density at radius 3 is 2.96 bits per heavy atom. The van der Waals surface area contributed by atoms with Gasteiger partial charge >= 0.3 is 0 Å². The molecular formula is C19H20N2S2. The van der Waals surface area contributed by atoms with Crippen LogP contribution in [0.5, 0.6) is 0 Å². The van der Waals surface area contributed by atoms with Crippen LogP contribution in [0.25, 0.3) is 17.0 Å². The molecule has 5 rings (SSSR count). The molecule has 2 aromatic rings. The molecule has 2 saturated carbocycles. The number of H-pyrrole nitrogens is 1. The zero-order valence-electron chi connectivity index (χ0n) is 13.0. The van der Waals surface area contributed by atoms with Crippen molar-refractivity contribution in [3.63, 3.8) is 0 Å². The summed E-state index contributed by atoms with van der Waals surface area (Å²) in [7, 11) is 0. The molecule has 2 bridgehead atoms. The molecule has 3 unspecified atom stereocenters. The van der Waals surface area contributed by atoms with E-state index in [0.717, 1.165) is 22.7 Å². The van der Waals surface area contributed by atoms with E-state index >= 15 is 0 Å². The SMILES string of the molecule is S=C1S/C(=C\c2c[nH]c3ccccc23)CN1C1CC2CCC1C2. The summed E-state index contributed by atoms with van der Waals surface area (Å²) in [6, 6.07) is 9.20. The van der Waals surface area contributed by atoms with Crippen LogP contribution in [0.2, 0.25) is 0 Å². The Morgan fingerprint density at radius 2 is 2.13 bits per heavy atom. The molecule has 118 valence electrons. The van der Waals surface area contributed by atoms with Gasteiger partial charge in [0.05, 0.1) is 6.54 Å². The Bertz CT molecular complexity index is 807. The van der Waals surface area contributed by atoms with Gasteiger partial charge in [0.25, 0.3) is 0 Å². The van der Waals surface area contributed by atoms with E-state index in [2.05, 4.69) is 46.4 Å². The summed E-state index contributed by atoms with van der Waals surface area (Å²) in [6.45, 7) is 1.01. The van der Waals surface area contributed by atoms with Crippen molar-refractivity contribution in [3.8, 4) is 0 Å². The number of aromatic nitrogens is 1. The summed E-state index contributed by atoms with van der Waals surface area (Å²) in [4.78, 5) is 7.27. The fourth-order valence-electron chi connectivity index (χ4n) is 4.74. The van der Waals surface area contributed by atoms with Crippen molar-refractivity contribution >= 4 is 45.3 Å². The first-order valence-electron chi connectivity index (χ1n) is 8.53. The number of hydrogen-bond acceptors (Lipinski definition) is 2. The third-order valence-electron chi connectivity index (χ3n) is 5.82. The van der Waals surface area contributed by atoms with E-state index in [1.54, 1.807) is 11.8 Å². The number of aromatic amines is 1. The largest absolute Gasteiger partial charge is 0.361 e. The molecule has 0 spiro atoms. The van der Waals surface area contributed by atoms with Crippen LogP contribution in [0.1, 0.15) is 31.2 Å². The lowest BCUT2D eigenvalue weighted by atomic mass is 9.94. The third-order valence-corrected chi connectivity index (χ3v) is 7.22. The monoisotopic (exact) mass is 340 g/mol. The van der Waals surface area contributed by atoms with Crippen LogP contribution in [0.15, 0.2) is 35.4 Å². The third kappa shape index (κ3) is 2.34.